The zero-order valence-corrected chi connectivity index (χ0v) is 10.1. The Labute approximate surface area is 98.6 Å². The van der Waals surface area contributed by atoms with Crippen molar-refractivity contribution in [1.82, 2.24) is 4.57 Å². The highest BCUT2D eigenvalue weighted by Crippen LogP contribution is 2.21. The van der Waals surface area contributed by atoms with E-state index in [9.17, 15) is 18.3 Å². The first-order chi connectivity index (χ1) is 7.76. The van der Waals surface area contributed by atoms with E-state index in [0.717, 1.165) is 4.57 Å². The van der Waals surface area contributed by atoms with E-state index in [-0.39, 0.29) is 12.1 Å². The Hall–Kier alpha value is -1.60. The van der Waals surface area contributed by atoms with E-state index >= 15 is 0 Å². The van der Waals surface area contributed by atoms with Crippen LogP contribution in [-0.4, -0.2) is 22.6 Å². The van der Waals surface area contributed by atoms with Gasteiger partial charge in [0.15, 0.2) is 5.88 Å². The van der Waals surface area contributed by atoms with Crippen LogP contribution >= 0.6 is 0 Å². The molecule has 1 aromatic rings. The van der Waals surface area contributed by atoms with Crippen LogP contribution in [0.15, 0.2) is 23.5 Å². The maximum absolute atomic E-state index is 11.5. The van der Waals surface area contributed by atoms with Crippen LogP contribution in [0.25, 0.3) is 0 Å². The van der Waals surface area contributed by atoms with Crippen molar-refractivity contribution in [3.05, 3.63) is 40.2 Å². The number of rotatable bonds is 4. The average Bonchev–Trinajstić information content (AvgIpc) is 2.18. The summed E-state index contributed by atoms with van der Waals surface area (Å²) in [6.45, 7) is 4.97. The van der Waals surface area contributed by atoms with Crippen molar-refractivity contribution in [2.75, 3.05) is 0 Å². The predicted octanol–water partition coefficient (Wildman–Crippen LogP) is 0.436. The summed E-state index contributed by atoms with van der Waals surface area (Å²) >= 11 is 0. The number of aryl methyl sites for hydroxylation is 1. The van der Waals surface area contributed by atoms with Gasteiger partial charge in [-0.2, -0.15) is 8.42 Å². The first-order valence-electron chi connectivity index (χ1n) is 4.74. The molecule has 1 rings (SSSR count). The highest BCUT2D eigenvalue weighted by atomic mass is 32.2. The Kier molecular flexibility index (Phi) is 3.74. The van der Waals surface area contributed by atoms with Crippen LogP contribution in [0.1, 0.15) is 11.1 Å². The molecule has 17 heavy (non-hydrogen) atoms. The first-order valence-corrected chi connectivity index (χ1v) is 6.35. The molecule has 0 aliphatic heterocycles. The minimum Gasteiger partial charge on any atom is -0.494 e. The van der Waals surface area contributed by atoms with Gasteiger partial charge in [-0.1, -0.05) is 6.08 Å². The Morgan fingerprint density at radius 3 is 2.59 bits per heavy atom. The molecule has 0 aliphatic carbocycles. The lowest BCUT2D eigenvalue weighted by molar-refractivity contribution is 0.408. The summed E-state index contributed by atoms with van der Waals surface area (Å²) in [6, 6.07) is 1.20. The highest BCUT2D eigenvalue weighted by Gasteiger charge is 2.17. The van der Waals surface area contributed by atoms with E-state index in [0.29, 0.717) is 5.56 Å². The molecule has 0 bridgehead atoms. The molecule has 0 amide bonds. The van der Waals surface area contributed by atoms with Crippen LogP contribution < -0.4 is 5.56 Å². The van der Waals surface area contributed by atoms with E-state index in [4.69, 9.17) is 4.55 Å². The van der Waals surface area contributed by atoms with Gasteiger partial charge in [-0.3, -0.25) is 13.9 Å². The molecular formula is C10H13NO5S. The largest absolute Gasteiger partial charge is 0.494 e. The van der Waals surface area contributed by atoms with Crippen molar-refractivity contribution in [3.63, 3.8) is 0 Å². The van der Waals surface area contributed by atoms with Gasteiger partial charge in [-0.05, 0) is 12.5 Å². The van der Waals surface area contributed by atoms with Crippen molar-refractivity contribution < 1.29 is 18.1 Å². The topological polar surface area (TPSA) is 96.6 Å². The zero-order chi connectivity index (χ0) is 13.2. The van der Waals surface area contributed by atoms with Crippen LogP contribution in [0.2, 0.25) is 0 Å². The SMILES string of the molecule is C=CCn1c(O)c(CS(=O)(=O)O)c(C)cc1=O. The average molecular weight is 259 g/mol. The molecule has 0 saturated carbocycles. The summed E-state index contributed by atoms with van der Waals surface area (Å²) in [5.41, 5.74) is -0.140. The van der Waals surface area contributed by atoms with Crippen LogP contribution in [0.3, 0.4) is 0 Å². The Balaban J connectivity index is 3.45. The van der Waals surface area contributed by atoms with Gasteiger partial charge in [0.2, 0.25) is 0 Å². The first kappa shape index (κ1) is 13.5. The van der Waals surface area contributed by atoms with Crippen molar-refractivity contribution in [1.29, 1.82) is 0 Å². The number of hydrogen-bond donors (Lipinski definition) is 2. The number of aromatic hydroxyl groups is 1. The maximum atomic E-state index is 11.5. The molecule has 7 heteroatoms. The molecule has 0 aliphatic rings. The number of nitrogens with zero attached hydrogens (tertiary/aromatic N) is 1. The van der Waals surface area contributed by atoms with Crippen LogP contribution in [0.4, 0.5) is 0 Å². The fraction of sp³-hybridized carbons (Fsp3) is 0.300. The summed E-state index contributed by atoms with van der Waals surface area (Å²) < 4.78 is 31.3. The second-order valence-electron chi connectivity index (χ2n) is 3.59. The Bertz CT molecular complexity index is 600. The number of hydrogen-bond acceptors (Lipinski definition) is 4. The van der Waals surface area contributed by atoms with E-state index < -0.39 is 27.3 Å². The van der Waals surface area contributed by atoms with Gasteiger partial charge in [0.25, 0.3) is 15.7 Å². The lowest BCUT2D eigenvalue weighted by atomic mass is 10.1. The summed E-state index contributed by atoms with van der Waals surface area (Å²) in [6.07, 6.45) is 1.40. The lowest BCUT2D eigenvalue weighted by Crippen LogP contribution is -2.21. The molecule has 0 spiro atoms. The summed E-state index contributed by atoms with van der Waals surface area (Å²) in [7, 11) is -4.27. The molecule has 6 nitrogen and oxygen atoms in total. The van der Waals surface area contributed by atoms with Crippen LogP contribution in [-0.2, 0) is 22.4 Å². The molecule has 1 aromatic heterocycles. The molecule has 94 valence electrons. The van der Waals surface area contributed by atoms with Gasteiger partial charge in [-0.15, -0.1) is 6.58 Å². The third-order valence-corrected chi connectivity index (χ3v) is 2.90. The van der Waals surface area contributed by atoms with E-state index in [1.54, 1.807) is 0 Å². The van der Waals surface area contributed by atoms with Crippen molar-refractivity contribution >= 4 is 10.1 Å². The third kappa shape index (κ3) is 3.18. The lowest BCUT2D eigenvalue weighted by Gasteiger charge is -2.12. The second kappa shape index (κ2) is 4.72. The smallest absolute Gasteiger partial charge is 0.269 e. The third-order valence-electron chi connectivity index (χ3n) is 2.25. The monoisotopic (exact) mass is 259 g/mol. The van der Waals surface area contributed by atoms with Crippen molar-refractivity contribution in [3.8, 4) is 5.88 Å². The Morgan fingerprint density at radius 2 is 2.12 bits per heavy atom. The molecule has 1 heterocycles. The predicted molar refractivity (Wildman–Crippen MR) is 62.6 cm³/mol. The second-order valence-corrected chi connectivity index (χ2v) is 5.05. The van der Waals surface area contributed by atoms with E-state index in [1.165, 1.54) is 19.1 Å². The maximum Gasteiger partial charge on any atom is 0.269 e. The van der Waals surface area contributed by atoms with E-state index in [1.807, 2.05) is 0 Å². The molecule has 0 saturated heterocycles. The van der Waals surface area contributed by atoms with E-state index in [2.05, 4.69) is 6.58 Å². The highest BCUT2D eigenvalue weighted by molar-refractivity contribution is 7.85. The van der Waals surface area contributed by atoms with Gasteiger partial charge in [-0.25, -0.2) is 0 Å². The Morgan fingerprint density at radius 1 is 1.53 bits per heavy atom. The standard InChI is InChI=1S/C10H13NO5S/c1-3-4-11-9(12)5-7(2)8(10(11)13)6-17(14,15)16/h3,5,13H,1,4,6H2,2H3,(H,14,15,16). The number of aromatic nitrogens is 1. The van der Waals surface area contributed by atoms with Gasteiger partial charge in [0.1, 0.15) is 5.75 Å². The minimum atomic E-state index is -4.27. The van der Waals surface area contributed by atoms with Crippen molar-refractivity contribution in [2.24, 2.45) is 0 Å². The molecule has 0 unspecified atom stereocenters. The van der Waals surface area contributed by atoms with Crippen molar-refractivity contribution in [2.45, 2.75) is 19.2 Å². The summed E-state index contributed by atoms with van der Waals surface area (Å²) in [5, 5.41) is 9.78. The van der Waals surface area contributed by atoms with Crippen LogP contribution in [0, 0.1) is 6.92 Å². The molecule has 0 radical (unpaired) electrons. The molecule has 0 fully saturated rings. The normalized spacial score (nSPS) is 11.4. The minimum absolute atomic E-state index is 0.00829. The van der Waals surface area contributed by atoms with Gasteiger partial charge < -0.3 is 5.11 Å². The fourth-order valence-electron chi connectivity index (χ4n) is 1.46. The molecule has 0 atom stereocenters. The van der Waals surface area contributed by atoms with Gasteiger partial charge in [0.05, 0.1) is 0 Å². The molecular weight excluding hydrogens is 246 g/mol. The fourth-order valence-corrected chi connectivity index (χ4v) is 2.18. The summed E-state index contributed by atoms with van der Waals surface area (Å²) in [5.74, 6) is -1.20. The quantitative estimate of drug-likeness (QED) is 0.604. The van der Waals surface area contributed by atoms with Gasteiger partial charge >= 0.3 is 0 Å². The van der Waals surface area contributed by atoms with Gasteiger partial charge in [0, 0.05) is 18.2 Å². The molecule has 2 N–H and O–H groups in total. The van der Waals surface area contributed by atoms with Crippen LogP contribution in [0.5, 0.6) is 5.88 Å². The summed E-state index contributed by atoms with van der Waals surface area (Å²) in [4.78, 5) is 11.5. The molecule has 0 aromatic carbocycles. The number of pyridine rings is 1. The number of allylic oxidation sites excluding steroid dienone is 1. The zero-order valence-electron chi connectivity index (χ0n) is 9.25.